The normalized spacial score (nSPS) is 10.6. The molecule has 0 nitrogen and oxygen atoms in total. The predicted molar refractivity (Wildman–Crippen MR) is 188 cm³/mol. The van der Waals surface area contributed by atoms with E-state index in [-0.39, 0.29) is 5.43 Å². The van der Waals surface area contributed by atoms with Crippen molar-refractivity contribution in [2.24, 2.45) is 0 Å². The molecule has 6 aromatic carbocycles. The average Bonchev–Trinajstić information content (AvgIpc) is 3.51. The van der Waals surface area contributed by atoms with E-state index >= 15 is 0 Å². The summed E-state index contributed by atoms with van der Waals surface area (Å²) in [5.41, 5.74) is 13.3. The van der Waals surface area contributed by atoms with Crippen molar-refractivity contribution in [1.82, 2.24) is 0 Å². The summed E-state index contributed by atoms with van der Waals surface area (Å²) in [5, 5.41) is 5.42. The van der Waals surface area contributed by atoms with Crippen molar-refractivity contribution >= 4 is 44.0 Å². The van der Waals surface area contributed by atoms with Crippen molar-refractivity contribution in [3.63, 3.8) is 0 Å². The van der Waals surface area contributed by atoms with Crippen LogP contribution in [0.3, 0.4) is 0 Å². The summed E-state index contributed by atoms with van der Waals surface area (Å²) < 4.78 is 0. The number of benzene rings is 4. The van der Waals surface area contributed by atoms with Crippen LogP contribution < -0.4 is 0 Å². The molecule has 42 heavy (non-hydrogen) atoms. The van der Waals surface area contributed by atoms with Gasteiger partial charge in [0, 0.05) is 0 Å². The first-order valence-electron chi connectivity index (χ1n) is 14.4. The van der Waals surface area contributed by atoms with Gasteiger partial charge in [0.1, 0.15) is 0 Å². The minimum atomic E-state index is -1.65. The fraction of sp³-hybridized carbons (Fsp3) is 0.211. The van der Waals surface area contributed by atoms with Crippen LogP contribution in [0.4, 0.5) is 0 Å². The van der Waals surface area contributed by atoms with Crippen LogP contribution in [-0.2, 0) is 18.0 Å². The van der Waals surface area contributed by atoms with E-state index in [0.717, 1.165) is 0 Å². The van der Waals surface area contributed by atoms with Crippen LogP contribution in [0.2, 0.25) is 13.1 Å². The third-order valence-electron chi connectivity index (χ3n) is 7.67. The third kappa shape index (κ3) is 7.64. The fourth-order valence-electron chi connectivity index (χ4n) is 5.68. The first kappa shape index (κ1) is 32.7. The summed E-state index contributed by atoms with van der Waals surface area (Å²) in [7, 11) is 11.2. The molecule has 0 saturated carbocycles. The molecule has 0 bridgehead atoms. The Morgan fingerprint density at radius 1 is 0.524 bits per heavy atom. The molecule has 216 valence electrons. The first-order chi connectivity index (χ1) is 20.0. The summed E-state index contributed by atoms with van der Waals surface area (Å²) in [6.07, 6.45) is 0. The van der Waals surface area contributed by atoms with Crippen LogP contribution in [-0.4, -0.2) is 5.43 Å². The second-order valence-corrected chi connectivity index (χ2v) is 34.5. The molecule has 4 heteroatoms. The Labute approximate surface area is 267 Å². The van der Waals surface area contributed by atoms with E-state index in [4.69, 9.17) is 17.0 Å². The van der Waals surface area contributed by atoms with Crippen LogP contribution in [0.5, 0.6) is 0 Å². The standard InChI is InChI=1S/2C18H17.C2H6Si.2ClH.Zr/c2*1-12-10-15-8-5-9-16(17(15)11-12)18-13(2)6-4-7-14(18)3;1-3-2;;;/h2*4-11H,1-3H3;1-2H3;2*1H;/q2*-1;;;;+2/p-2. The van der Waals surface area contributed by atoms with Gasteiger partial charge in [0.2, 0.25) is 0 Å². The van der Waals surface area contributed by atoms with Gasteiger partial charge in [0.25, 0.3) is 0 Å². The molecular formula is C38H40Cl2SiZr-2. The van der Waals surface area contributed by atoms with E-state index in [0.29, 0.717) is 0 Å². The Morgan fingerprint density at radius 3 is 1.14 bits per heavy atom. The third-order valence-corrected chi connectivity index (χ3v) is 27.4. The molecule has 0 spiro atoms. The Hall–Kier alpha value is -2.22. The van der Waals surface area contributed by atoms with E-state index in [9.17, 15) is 0 Å². The molecule has 0 unspecified atom stereocenters. The van der Waals surface area contributed by atoms with Crippen LogP contribution in [0.1, 0.15) is 33.4 Å². The second kappa shape index (κ2) is 14.5. The van der Waals surface area contributed by atoms with Crippen LogP contribution >= 0.6 is 17.0 Å². The second-order valence-electron chi connectivity index (χ2n) is 11.5. The van der Waals surface area contributed by atoms with Crippen molar-refractivity contribution in [1.29, 1.82) is 0 Å². The van der Waals surface area contributed by atoms with Gasteiger partial charge < -0.3 is 0 Å². The van der Waals surface area contributed by atoms with E-state index < -0.39 is 18.0 Å². The van der Waals surface area contributed by atoms with Crippen LogP contribution in [0.25, 0.3) is 43.8 Å². The molecule has 0 aromatic heterocycles. The maximum atomic E-state index is 5.62. The van der Waals surface area contributed by atoms with E-state index in [2.05, 4.69) is 152 Å². The van der Waals surface area contributed by atoms with Gasteiger partial charge in [-0.2, -0.15) is 12.1 Å². The monoisotopic (exact) mass is 684 g/mol. The fourth-order valence-corrected chi connectivity index (χ4v) is 5.68. The van der Waals surface area contributed by atoms with Gasteiger partial charge in [-0.1, -0.05) is 73.5 Å². The molecule has 0 saturated heterocycles. The van der Waals surface area contributed by atoms with Crippen LogP contribution in [0.15, 0.2) is 97.1 Å². The van der Waals surface area contributed by atoms with Gasteiger partial charge in [-0.25, -0.2) is 0 Å². The summed E-state index contributed by atoms with van der Waals surface area (Å²) >= 11 is -1.65. The molecule has 6 rings (SSSR count). The molecular weight excluding hydrogens is 647 g/mol. The van der Waals surface area contributed by atoms with Crippen molar-refractivity contribution in [2.45, 2.75) is 54.6 Å². The summed E-state index contributed by atoms with van der Waals surface area (Å²) in [6.45, 7) is 17.4. The SMILES string of the molecule is C[Si](C)=[Zr]([Cl])[Cl].Cc1cc2c(-c3c(C)cccc3C)cccc2[cH-]1.Cc1cc2c(-c3c(C)cccc3C)cccc2[cH-]1. The summed E-state index contributed by atoms with van der Waals surface area (Å²) in [5.74, 6) is 0. The topological polar surface area (TPSA) is 0 Å². The number of fused-ring (bicyclic) bond motifs is 2. The summed E-state index contributed by atoms with van der Waals surface area (Å²) in [6, 6.07) is 35.3. The number of rotatable bonds is 2. The molecule has 0 heterocycles. The number of halogens is 2. The molecule has 0 fully saturated rings. The Morgan fingerprint density at radius 2 is 0.833 bits per heavy atom. The van der Waals surface area contributed by atoms with Crippen molar-refractivity contribution in [2.75, 3.05) is 0 Å². The minimum Gasteiger partial charge on any atom is -0.165 e. The van der Waals surface area contributed by atoms with Crippen molar-refractivity contribution in [3.05, 3.63) is 130 Å². The largest absolute Gasteiger partial charge is 0.165 e. The molecule has 0 aliphatic heterocycles. The van der Waals surface area contributed by atoms with Crippen LogP contribution in [0, 0.1) is 41.5 Å². The maximum Gasteiger partial charge on any atom is -0.0220 e. The molecule has 0 aliphatic rings. The zero-order valence-electron chi connectivity index (χ0n) is 26.0. The van der Waals surface area contributed by atoms with E-state index in [1.165, 1.54) is 77.2 Å². The van der Waals surface area contributed by atoms with Gasteiger partial charge in [-0.15, -0.1) is 69.1 Å². The quantitative estimate of drug-likeness (QED) is 0.126. The van der Waals surface area contributed by atoms with Gasteiger partial charge in [-0.3, -0.25) is 0 Å². The first-order valence-corrected chi connectivity index (χ1v) is 26.9. The number of hydrogen-bond donors (Lipinski definition) is 0. The van der Waals surface area contributed by atoms with Crippen molar-refractivity contribution < 1.29 is 18.0 Å². The molecule has 0 N–H and O–H groups in total. The minimum absolute atomic E-state index is 0.224. The smallest absolute Gasteiger partial charge is 0.0220 e. The van der Waals surface area contributed by atoms with Gasteiger partial charge in [0.15, 0.2) is 0 Å². The zero-order valence-corrected chi connectivity index (χ0v) is 31.0. The summed E-state index contributed by atoms with van der Waals surface area (Å²) in [4.78, 5) is 0. The van der Waals surface area contributed by atoms with Gasteiger partial charge in [-0.05, 0) is 61.1 Å². The number of hydrogen-bond acceptors (Lipinski definition) is 0. The molecule has 0 amide bonds. The van der Waals surface area contributed by atoms with Gasteiger partial charge >= 0.3 is 53.5 Å². The molecule has 6 aromatic rings. The average molecular weight is 687 g/mol. The molecule has 0 aliphatic carbocycles. The van der Waals surface area contributed by atoms with Crippen molar-refractivity contribution in [3.8, 4) is 22.3 Å². The van der Waals surface area contributed by atoms with E-state index in [1.807, 2.05) is 0 Å². The Kier molecular flexibility index (Phi) is 11.3. The van der Waals surface area contributed by atoms with E-state index in [1.54, 1.807) is 0 Å². The molecule has 0 radical (unpaired) electrons. The number of aryl methyl sites for hydroxylation is 6. The predicted octanol–water partition coefficient (Wildman–Crippen LogP) is 12.5. The molecule has 0 atom stereocenters. The maximum absolute atomic E-state index is 5.62. The van der Waals surface area contributed by atoms with Gasteiger partial charge in [0.05, 0.1) is 0 Å². The Balaban J connectivity index is 0.000000162. The Bertz CT molecular complexity index is 1700. The zero-order chi connectivity index (χ0) is 30.6.